The summed E-state index contributed by atoms with van der Waals surface area (Å²) in [6.45, 7) is 0. The number of alkyl halides is 9. The Hall–Kier alpha value is -1.45. The van der Waals surface area contributed by atoms with Crippen LogP contribution in [0.3, 0.4) is 0 Å². The summed E-state index contributed by atoms with van der Waals surface area (Å²) in [4.78, 5) is 0. The monoisotopic (exact) mass is 312 g/mol. The highest BCUT2D eigenvalue weighted by Crippen LogP contribution is 2.40. The third kappa shape index (κ3) is 3.78. The van der Waals surface area contributed by atoms with Crippen molar-refractivity contribution < 1.29 is 44.6 Å². The summed E-state index contributed by atoms with van der Waals surface area (Å²) in [7, 11) is 0. The Morgan fingerprint density at radius 3 is 1.30 bits per heavy atom. The molecule has 114 valence electrons. The van der Waals surface area contributed by atoms with Crippen molar-refractivity contribution in [1.82, 2.24) is 0 Å². The minimum absolute atomic E-state index is 0.173. The first-order valence-electron chi connectivity index (χ1n) is 4.77. The lowest BCUT2D eigenvalue weighted by Crippen LogP contribution is -2.22. The molecule has 1 nitrogen and oxygen atoms in total. The van der Waals surface area contributed by atoms with Gasteiger partial charge >= 0.3 is 18.5 Å². The standard InChI is InChI=1S/C10H5F9O/c11-8(12,13)5-1-4(7(20)10(17,18)19)2-6(3-5)9(14,15)16/h1-3,7,20H. The fourth-order valence-corrected chi connectivity index (χ4v) is 1.33. The van der Waals surface area contributed by atoms with Gasteiger partial charge in [0.15, 0.2) is 6.10 Å². The van der Waals surface area contributed by atoms with Crippen LogP contribution in [0.2, 0.25) is 0 Å². The molecule has 1 N–H and O–H groups in total. The molecule has 0 saturated heterocycles. The Morgan fingerprint density at radius 2 is 1.05 bits per heavy atom. The zero-order valence-corrected chi connectivity index (χ0v) is 9.16. The van der Waals surface area contributed by atoms with Crippen molar-refractivity contribution in [2.24, 2.45) is 0 Å². The number of hydrogen-bond acceptors (Lipinski definition) is 1. The quantitative estimate of drug-likeness (QED) is 0.766. The van der Waals surface area contributed by atoms with E-state index in [9.17, 15) is 39.5 Å². The van der Waals surface area contributed by atoms with Crippen molar-refractivity contribution in [2.45, 2.75) is 24.6 Å². The maximum Gasteiger partial charge on any atom is 0.418 e. The van der Waals surface area contributed by atoms with Crippen LogP contribution in [0, 0.1) is 0 Å². The first-order chi connectivity index (χ1) is 8.73. The van der Waals surface area contributed by atoms with Gasteiger partial charge in [-0.3, -0.25) is 0 Å². The van der Waals surface area contributed by atoms with Crippen molar-refractivity contribution in [3.8, 4) is 0 Å². The van der Waals surface area contributed by atoms with Crippen LogP contribution in [-0.4, -0.2) is 11.3 Å². The van der Waals surface area contributed by atoms with Gasteiger partial charge in [-0.25, -0.2) is 0 Å². The summed E-state index contributed by atoms with van der Waals surface area (Å²) in [5, 5.41) is 8.78. The molecule has 0 amide bonds. The second-order valence-corrected chi connectivity index (χ2v) is 3.78. The third-order valence-electron chi connectivity index (χ3n) is 2.24. The van der Waals surface area contributed by atoms with Crippen LogP contribution in [0.25, 0.3) is 0 Å². The van der Waals surface area contributed by atoms with E-state index in [1.54, 1.807) is 0 Å². The topological polar surface area (TPSA) is 20.2 Å². The summed E-state index contributed by atoms with van der Waals surface area (Å²) in [6, 6.07) is -0.673. The SMILES string of the molecule is OC(c1cc(C(F)(F)F)cc(C(F)(F)F)c1)C(F)(F)F. The Labute approximate surface area is 105 Å². The predicted octanol–water partition coefficient (Wildman–Crippen LogP) is 4.32. The van der Waals surface area contributed by atoms with E-state index in [0.29, 0.717) is 0 Å². The van der Waals surface area contributed by atoms with Crippen LogP contribution < -0.4 is 0 Å². The molecule has 0 bridgehead atoms. The second-order valence-electron chi connectivity index (χ2n) is 3.78. The maximum atomic E-state index is 12.4. The highest BCUT2D eigenvalue weighted by molar-refractivity contribution is 5.35. The summed E-state index contributed by atoms with van der Waals surface area (Å²) in [6.07, 6.45) is -19.4. The van der Waals surface area contributed by atoms with E-state index in [1.165, 1.54) is 0 Å². The average Bonchev–Trinajstić information content (AvgIpc) is 2.23. The van der Waals surface area contributed by atoms with Crippen molar-refractivity contribution in [2.75, 3.05) is 0 Å². The molecule has 0 aliphatic heterocycles. The van der Waals surface area contributed by atoms with Crippen LogP contribution in [0.4, 0.5) is 39.5 Å². The molecule has 0 fully saturated rings. The third-order valence-corrected chi connectivity index (χ3v) is 2.24. The molecule has 1 aromatic carbocycles. The lowest BCUT2D eigenvalue weighted by Gasteiger charge is -2.19. The fraction of sp³-hybridized carbons (Fsp3) is 0.400. The Kier molecular flexibility index (Phi) is 4.01. The summed E-state index contributed by atoms with van der Waals surface area (Å²) >= 11 is 0. The van der Waals surface area contributed by atoms with E-state index in [-0.39, 0.29) is 18.2 Å². The van der Waals surface area contributed by atoms with Gasteiger partial charge in [-0.1, -0.05) is 0 Å². The number of rotatable bonds is 1. The lowest BCUT2D eigenvalue weighted by molar-refractivity contribution is -0.207. The molecular weight excluding hydrogens is 307 g/mol. The molecule has 0 aliphatic carbocycles. The summed E-state index contributed by atoms with van der Waals surface area (Å²) in [5.74, 6) is 0. The maximum absolute atomic E-state index is 12.4. The molecule has 0 saturated carbocycles. The molecule has 1 atom stereocenters. The van der Waals surface area contributed by atoms with Gasteiger partial charge in [0.25, 0.3) is 0 Å². The van der Waals surface area contributed by atoms with Crippen molar-refractivity contribution in [1.29, 1.82) is 0 Å². The van der Waals surface area contributed by atoms with E-state index >= 15 is 0 Å². The first-order valence-corrected chi connectivity index (χ1v) is 4.77. The van der Waals surface area contributed by atoms with Gasteiger partial charge in [0, 0.05) is 0 Å². The smallest absolute Gasteiger partial charge is 0.379 e. The van der Waals surface area contributed by atoms with Crippen LogP contribution in [-0.2, 0) is 12.4 Å². The lowest BCUT2D eigenvalue weighted by atomic mass is 10.0. The number of halogens is 9. The minimum atomic E-state index is -5.38. The van der Waals surface area contributed by atoms with Gasteiger partial charge in [0.05, 0.1) is 11.1 Å². The molecule has 20 heavy (non-hydrogen) atoms. The van der Waals surface area contributed by atoms with Gasteiger partial charge in [0.1, 0.15) is 0 Å². The second kappa shape index (κ2) is 4.83. The van der Waals surface area contributed by atoms with Gasteiger partial charge in [-0.15, -0.1) is 0 Å². The number of hydrogen-bond donors (Lipinski definition) is 1. The molecule has 0 heterocycles. The van der Waals surface area contributed by atoms with Gasteiger partial charge < -0.3 is 5.11 Å². The number of aliphatic hydroxyl groups excluding tert-OH is 1. The molecule has 1 aromatic rings. The highest BCUT2D eigenvalue weighted by atomic mass is 19.4. The average molecular weight is 312 g/mol. The molecule has 0 aliphatic rings. The van der Waals surface area contributed by atoms with Crippen LogP contribution in [0.5, 0.6) is 0 Å². The molecule has 0 radical (unpaired) electrons. The molecular formula is C10H5F9O. The zero-order valence-electron chi connectivity index (χ0n) is 9.16. The van der Waals surface area contributed by atoms with E-state index < -0.39 is 41.3 Å². The summed E-state index contributed by atoms with van der Waals surface area (Å²) in [5.41, 5.74) is -5.38. The highest BCUT2D eigenvalue weighted by Gasteiger charge is 2.43. The zero-order chi connectivity index (χ0) is 15.9. The Bertz CT molecular complexity index is 451. The molecule has 1 unspecified atom stereocenters. The predicted molar refractivity (Wildman–Crippen MR) is 47.5 cm³/mol. The fourth-order valence-electron chi connectivity index (χ4n) is 1.33. The van der Waals surface area contributed by atoms with Crippen LogP contribution in [0.1, 0.15) is 22.8 Å². The van der Waals surface area contributed by atoms with E-state index in [4.69, 9.17) is 5.11 Å². The minimum Gasteiger partial charge on any atom is -0.379 e. The van der Waals surface area contributed by atoms with Gasteiger partial charge in [0.2, 0.25) is 0 Å². The number of benzene rings is 1. The molecule has 1 rings (SSSR count). The largest absolute Gasteiger partial charge is 0.418 e. The van der Waals surface area contributed by atoms with E-state index in [2.05, 4.69) is 0 Å². The molecule has 0 spiro atoms. The van der Waals surface area contributed by atoms with Crippen molar-refractivity contribution >= 4 is 0 Å². The Balaban J connectivity index is 3.47. The van der Waals surface area contributed by atoms with E-state index in [1.807, 2.05) is 0 Å². The number of aliphatic hydroxyl groups is 1. The molecule has 10 heteroatoms. The van der Waals surface area contributed by atoms with Crippen molar-refractivity contribution in [3.05, 3.63) is 34.9 Å². The van der Waals surface area contributed by atoms with Crippen LogP contribution in [0.15, 0.2) is 18.2 Å². The van der Waals surface area contributed by atoms with Crippen LogP contribution >= 0.6 is 0 Å². The van der Waals surface area contributed by atoms with Crippen molar-refractivity contribution in [3.63, 3.8) is 0 Å². The first kappa shape index (κ1) is 16.6. The molecule has 0 aromatic heterocycles. The normalized spacial score (nSPS) is 15.3. The van der Waals surface area contributed by atoms with Gasteiger partial charge in [-0.05, 0) is 23.8 Å². The van der Waals surface area contributed by atoms with E-state index in [0.717, 1.165) is 0 Å². The Morgan fingerprint density at radius 1 is 0.700 bits per heavy atom. The summed E-state index contributed by atoms with van der Waals surface area (Å²) < 4.78 is 111. The van der Waals surface area contributed by atoms with Gasteiger partial charge in [-0.2, -0.15) is 39.5 Å².